The van der Waals surface area contributed by atoms with E-state index in [2.05, 4.69) is 32.5 Å². The van der Waals surface area contributed by atoms with Gasteiger partial charge >= 0.3 is 0 Å². The van der Waals surface area contributed by atoms with Crippen LogP contribution in [0.3, 0.4) is 0 Å². The number of anilines is 1. The predicted octanol–water partition coefficient (Wildman–Crippen LogP) is 3.72. The van der Waals surface area contributed by atoms with Crippen molar-refractivity contribution in [2.45, 2.75) is 0 Å². The van der Waals surface area contributed by atoms with E-state index in [0.717, 1.165) is 4.47 Å². The highest BCUT2D eigenvalue weighted by molar-refractivity contribution is 9.10. The molecule has 2 N–H and O–H groups in total. The lowest BCUT2D eigenvalue weighted by atomic mass is 10.1. The number of carbonyl (C=O) groups is 2. The third kappa shape index (κ3) is 4.35. The summed E-state index contributed by atoms with van der Waals surface area (Å²) in [5.41, 5.74) is 1.02. The van der Waals surface area contributed by atoms with Gasteiger partial charge in [0.1, 0.15) is 0 Å². The highest BCUT2D eigenvalue weighted by atomic mass is 79.9. The zero-order chi connectivity index (χ0) is 16.8. The normalized spacial score (nSPS) is 9.78. The highest BCUT2D eigenvalue weighted by Gasteiger charge is 2.15. The maximum absolute atomic E-state index is 12.4. The van der Waals surface area contributed by atoms with Crippen molar-refractivity contribution in [1.29, 1.82) is 0 Å². The molecule has 2 aromatic carbocycles. The maximum Gasteiger partial charge on any atom is 0.257 e. The minimum absolute atomic E-state index is 0.111. The van der Waals surface area contributed by atoms with Crippen LogP contribution in [0.2, 0.25) is 5.02 Å². The van der Waals surface area contributed by atoms with E-state index in [0.29, 0.717) is 21.8 Å². The first-order chi connectivity index (χ1) is 11.0. The first kappa shape index (κ1) is 17.1. The fraction of sp³-hybridized carbons (Fsp3) is 0.0588. The van der Waals surface area contributed by atoms with Crippen molar-refractivity contribution in [3.63, 3.8) is 0 Å². The highest BCUT2D eigenvalue weighted by Crippen LogP contribution is 2.23. The molecule has 116 valence electrons. The fourth-order valence-electron chi connectivity index (χ4n) is 1.88. The molecule has 0 spiro atoms. The van der Waals surface area contributed by atoms with Gasteiger partial charge in [0.05, 0.1) is 28.4 Å². The Bertz CT molecular complexity index is 799. The number of para-hydroxylation sites is 1. The van der Waals surface area contributed by atoms with Gasteiger partial charge in [-0.3, -0.25) is 9.59 Å². The summed E-state index contributed by atoms with van der Waals surface area (Å²) in [4.78, 5) is 24.4. The van der Waals surface area contributed by atoms with E-state index in [1.165, 1.54) is 0 Å². The minimum Gasteiger partial charge on any atom is -0.341 e. The summed E-state index contributed by atoms with van der Waals surface area (Å²) >= 11 is 9.35. The van der Waals surface area contributed by atoms with E-state index in [1.807, 2.05) is 0 Å². The van der Waals surface area contributed by atoms with Crippen LogP contribution in [0.15, 0.2) is 46.9 Å². The molecule has 0 radical (unpaired) electrons. The quantitative estimate of drug-likeness (QED) is 0.781. The van der Waals surface area contributed by atoms with Crippen molar-refractivity contribution in [1.82, 2.24) is 5.32 Å². The molecule has 0 aliphatic carbocycles. The van der Waals surface area contributed by atoms with Crippen molar-refractivity contribution in [2.75, 3.05) is 11.9 Å². The van der Waals surface area contributed by atoms with Crippen LogP contribution in [0.4, 0.5) is 5.69 Å². The number of amides is 2. The summed E-state index contributed by atoms with van der Waals surface area (Å²) in [5.74, 6) is 1.56. The van der Waals surface area contributed by atoms with Crippen molar-refractivity contribution >= 4 is 45.0 Å². The Balaban J connectivity index is 2.25. The van der Waals surface area contributed by atoms with Crippen LogP contribution in [0.25, 0.3) is 0 Å². The number of halogens is 2. The molecule has 0 bridgehead atoms. The average Bonchev–Trinajstić information content (AvgIpc) is 2.53. The number of hydrogen-bond acceptors (Lipinski definition) is 2. The van der Waals surface area contributed by atoms with Gasteiger partial charge in [-0.2, -0.15) is 0 Å². The molecule has 0 aliphatic rings. The van der Waals surface area contributed by atoms with Crippen molar-refractivity contribution < 1.29 is 9.59 Å². The van der Waals surface area contributed by atoms with Crippen LogP contribution in [-0.4, -0.2) is 18.4 Å². The second-order valence-electron chi connectivity index (χ2n) is 4.51. The van der Waals surface area contributed by atoms with Crippen molar-refractivity contribution in [2.24, 2.45) is 0 Å². The fourth-order valence-corrected chi connectivity index (χ4v) is 2.64. The molecule has 4 nitrogen and oxygen atoms in total. The Labute approximate surface area is 147 Å². The van der Waals surface area contributed by atoms with Gasteiger partial charge in [-0.25, -0.2) is 0 Å². The number of hydrogen-bond donors (Lipinski definition) is 2. The van der Waals surface area contributed by atoms with Crippen LogP contribution >= 0.6 is 27.5 Å². The summed E-state index contributed by atoms with van der Waals surface area (Å²) in [6.07, 6.45) is 5.13. The average molecular weight is 392 g/mol. The Morgan fingerprint density at radius 2 is 1.87 bits per heavy atom. The zero-order valence-corrected chi connectivity index (χ0v) is 14.2. The monoisotopic (exact) mass is 390 g/mol. The van der Waals surface area contributed by atoms with Crippen molar-refractivity contribution in [3.05, 3.63) is 63.1 Å². The first-order valence-electron chi connectivity index (χ1n) is 6.60. The van der Waals surface area contributed by atoms with Gasteiger partial charge in [0.2, 0.25) is 0 Å². The van der Waals surface area contributed by atoms with Crippen LogP contribution in [0, 0.1) is 12.3 Å². The molecular formula is C17H12BrClN2O2. The number of rotatable bonds is 4. The smallest absolute Gasteiger partial charge is 0.257 e. The lowest BCUT2D eigenvalue weighted by molar-refractivity contribution is 0.0959. The van der Waals surface area contributed by atoms with Gasteiger partial charge in [0.15, 0.2) is 0 Å². The third-order valence-electron chi connectivity index (χ3n) is 2.95. The van der Waals surface area contributed by atoms with Crippen LogP contribution < -0.4 is 10.6 Å². The first-order valence-corrected chi connectivity index (χ1v) is 7.77. The molecule has 23 heavy (non-hydrogen) atoms. The number of terminal acetylenes is 1. The van der Waals surface area contributed by atoms with Gasteiger partial charge in [-0.1, -0.05) is 45.6 Å². The molecule has 0 atom stereocenters. The second-order valence-corrected chi connectivity index (χ2v) is 5.83. The van der Waals surface area contributed by atoms with Gasteiger partial charge in [0, 0.05) is 4.47 Å². The SMILES string of the molecule is C#CCNC(=O)c1ccccc1NC(=O)c1ccc(Br)cc1Cl. The van der Waals surface area contributed by atoms with Crippen LogP contribution in [0.5, 0.6) is 0 Å². The molecule has 0 unspecified atom stereocenters. The van der Waals surface area contributed by atoms with Gasteiger partial charge in [0.25, 0.3) is 11.8 Å². The molecule has 2 aromatic rings. The molecule has 6 heteroatoms. The van der Waals surface area contributed by atoms with Crippen LogP contribution in [-0.2, 0) is 0 Å². The Morgan fingerprint density at radius 1 is 1.13 bits per heavy atom. The maximum atomic E-state index is 12.4. The van der Waals surface area contributed by atoms with E-state index < -0.39 is 5.91 Å². The van der Waals surface area contributed by atoms with Gasteiger partial charge in [-0.15, -0.1) is 6.42 Å². The molecule has 2 amide bonds. The number of benzene rings is 2. The molecule has 0 saturated heterocycles. The second kappa shape index (κ2) is 7.82. The predicted molar refractivity (Wildman–Crippen MR) is 94.7 cm³/mol. The van der Waals surface area contributed by atoms with Crippen molar-refractivity contribution in [3.8, 4) is 12.3 Å². The van der Waals surface area contributed by atoms with E-state index in [4.69, 9.17) is 18.0 Å². The molecular weight excluding hydrogens is 380 g/mol. The molecule has 0 aromatic heterocycles. The molecule has 0 saturated carbocycles. The molecule has 0 heterocycles. The lowest BCUT2D eigenvalue weighted by Gasteiger charge is -2.11. The lowest BCUT2D eigenvalue weighted by Crippen LogP contribution is -2.25. The van der Waals surface area contributed by atoms with E-state index in [9.17, 15) is 9.59 Å². The third-order valence-corrected chi connectivity index (χ3v) is 3.75. The Kier molecular flexibility index (Phi) is 5.80. The standard InChI is InChI=1S/C17H12BrClN2O2/c1-2-9-20-16(22)13-5-3-4-6-15(13)21-17(23)12-8-7-11(18)10-14(12)19/h1,3-8,10H,9H2,(H,20,22)(H,21,23). The van der Waals surface area contributed by atoms with E-state index in [-0.39, 0.29) is 12.5 Å². The topological polar surface area (TPSA) is 58.2 Å². The summed E-state index contributed by atoms with van der Waals surface area (Å²) < 4.78 is 0.771. The Morgan fingerprint density at radius 3 is 2.57 bits per heavy atom. The minimum atomic E-state index is -0.403. The molecule has 0 fully saturated rings. The summed E-state index contributed by atoms with van der Waals surface area (Å²) in [7, 11) is 0. The summed E-state index contributed by atoms with van der Waals surface area (Å²) in [5, 5.41) is 5.57. The molecule has 2 rings (SSSR count). The number of carbonyl (C=O) groups excluding carboxylic acids is 2. The molecule has 0 aliphatic heterocycles. The van der Waals surface area contributed by atoms with E-state index in [1.54, 1.807) is 42.5 Å². The largest absolute Gasteiger partial charge is 0.341 e. The zero-order valence-electron chi connectivity index (χ0n) is 11.9. The van der Waals surface area contributed by atoms with Crippen LogP contribution in [0.1, 0.15) is 20.7 Å². The number of nitrogens with one attached hydrogen (secondary N) is 2. The van der Waals surface area contributed by atoms with Gasteiger partial charge < -0.3 is 10.6 Å². The van der Waals surface area contributed by atoms with E-state index >= 15 is 0 Å². The van der Waals surface area contributed by atoms with Gasteiger partial charge in [-0.05, 0) is 30.3 Å². The summed E-state index contributed by atoms with van der Waals surface area (Å²) in [6, 6.07) is 11.6. The summed E-state index contributed by atoms with van der Waals surface area (Å²) in [6.45, 7) is 0.111. The Hall–Kier alpha value is -2.29.